The molecule has 1 aromatic heterocycles. The molecule has 0 aliphatic rings. The number of benzene rings is 2. The summed E-state index contributed by atoms with van der Waals surface area (Å²) < 4.78 is 5.13. The van der Waals surface area contributed by atoms with Crippen molar-refractivity contribution in [2.75, 3.05) is 11.9 Å². The number of pyridine rings is 1. The molecule has 3 aromatic rings. The second-order valence-electron chi connectivity index (χ2n) is 6.17. The van der Waals surface area contributed by atoms with Crippen molar-refractivity contribution in [1.29, 1.82) is 0 Å². The summed E-state index contributed by atoms with van der Waals surface area (Å²) in [6, 6.07) is 16.9. The lowest BCUT2D eigenvalue weighted by Crippen LogP contribution is -2.14. The van der Waals surface area contributed by atoms with Crippen molar-refractivity contribution in [3.63, 3.8) is 0 Å². The highest BCUT2D eigenvalue weighted by molar-refractivity contribution is 6.33. The Balaban J connectivity index is 1.34. The minimum Gasteiger partial charge on any atom is -0.449 e. The van der Waals surface area contributed by atoms with E-state index in [4.69, 9.17) is 16.3 Å². The molecule has 1 N–H and O–H groups in total. The molecule has 0 radical (unpaired) electrons. The number of nitrogens with zero attached hydrogens (tertiary/aromatic N) is 1. The maximum absolute atomic E-state index is 11.7. The zero-order valence-corrected chi connectivity index (χ0v) is 16.5. The van der Waals surface area contributed by atoms with Crippen LogP contribution in [0, 0.1) is 23.7 Å². The molecule has 1 amide bonds. The molecule has 0 atom stereocenters. The zero-order chi connectivity index (χ0) is 20.3. The Hall–Kier alpha value is -3.47. The molecule has 1 heterocycles. The number of anilines is 1. The monoisotopic (exact) mass is 402 g/mol. The van der Waals surface area contributed by atoms with Gasteiger partial charge in [-0.2, -0.15) is 0 Å². The number of hydrogen-bond acceptors (Lipinski definition) is 3. The fraction of sp³-hybridized carbons (Fsp3) is 0.167. The van der Waals surface area contributed by atoms with Crippen LogP contribution in [0.4, 0.5) is 10.5 Å². The molecular weight excluding hydrogens is 384 g/mol. The van der Waals surface area contributed by atoms with Crippen molar-refractivity contribution in [2.24, 2.45) is 0 Å². The van der Waals surface area contributed by atoms with Crippen LogP contribution in [0.15, 0.2) is 60.8 Å². The summed E-state index contributed by atoms with van der Waals surface area (Å²) in [6.45, 7) is 0.326. The molecule has 0 unspecified atom stereocenters. The molecular formula is C24H19ClN2O2. The highest BCUT2D eigenvalue weighted by Gasteiger charge is 2.05. The highest BCUT2D eigenvalue weighted by Crippen LogP contribution is 2.20. The molecule has 4 nitrogen and oxygen atoms in total. The first-order valence-electron chi connectivity index (χ1n) is 9.24. The molecule has 3 rings (SSSR count). The lowest BCUT2D eigenvalue weighted by molar-refractivity contribution is 0.159. The molecule has 0 aliphatic heterocycles. The summed E-state index contributed by atoms with van der Waals surface area (Å²) in [5, 5.41) is 4.14. The first-order valence-corrected chi connectivity index (χ1v) is 9.62. The van der Waals surface area contributed by atoms with E-state index in [2.05, 4.69) is 34.0 Å². The number of para-hydroxylation sites is 2. The van der Waals surface area contributed by atoms with Crippen LogP contribution in [0.5, 0.6) is 0 Å². The number of nitrogens with one attached hydrogen (secondary N) is 1. The van der Waals surface area contributed by atoms with E-state index in [-0.39, 0.29) is 0 Å². The summed E-state index contributed by atoms with van der Waals surface area (Å²) >= 11 is 5.98. The predicted octanol–water partition coefficient (Wildman–Crippen LogP) is 5.66. The van der Waals surface area contributed by atoms with Crippen molar-refractivity contribution in [3.05, 3.63) is 71.4 Å². The molecule has 5 heteroatoms. The van der Waals surface area contributed by atoms with Gasteiger partial charge >= 0.3 is 6.09 Å². The largest absolute Gasteiger partial charge is 0.449 e. The second-order valence-corrected chi connectivity index (χ2v) is 6.57. The Morgan fingerprint density at radius 2 is 1.90 bits per heavy atom. The lowest BCUT2D eigenvalue weighted by Gasteiger charge is -2.07. The summed E-state index contributed by atoms with van der Waals surface area (Å²) in [5.41, 5.74) is 2.33. The van der Waals surface area contributed by atoms with Crippen LogP contribution in [-0.2, 0) is 4.74 Å². The van der Waals surface area contributed by atoms with Crippen LogP contribution in [0.2, 0.25) is 5.02 Å². The Kier molecular flexibility index (Phi) is 7.52. The minimum atomic E-state index is -0.515. The third-order valence-corrected chi connectivity index (χ3v) is 4.32. The van der Waals surface area contributed by atoms with E-state index >= 15 is 0 Å². The Labute approximate surface area is 175 Å². The van der Waals surface area contributed by atoms with E-state index < -0.39 is 6.09 Å². The average Bonchev–Trinajstić information content (AvgIpc) is 2.74. The van der Waals surface area contributed by atoms with Gasteiger partial charge in [-0.25, -0.2) is 4.79 Å². The van der Waals surface area contributed by atoms with Gasteiger partial charge in [-0.3, -0.25) is 10.3 Å². The first kappa shape index (κ1) is 20.3. The van der Waals surface area contributed by atoms with Crippen LogP contribution in [0.1, 0.15) is 24.8 Å². The second kappa shape index (κ2) is 10.8. The van der Waals surface area contributed by atoms with E-state index in [1.54, 1.807) is 30.5 Å². The fourth-order valence-electron chi connectivity index (χ4n) is 2.54. The number of unbranched alkanes of at least 4 members (excludes halogenated alkanes) is 2. The summed E-state index contributed by atoms with van der Waals surface area (Å²) in [7, 11) is 0. The third kappa shape index (κ3) is 6.57. The number of fused-ring (bicyclic) bond motifs is 1. The Bertz CT molecular complexity index is 1120. The van der Waals surface area contributed by atoms with Gasteiger partial charge in [0.2, 0.25) is 0 Å². The average molecular weight is 403 g/mol. The van der Waals surface area contributed by atoms with Crippen molar-refractivity contribution in [1.82, 2.24) is 4.98 Å². The van der Waals surface area contributed by atoms with Crippen LogP contribution >= 0.6 is 11.6 Å². The van der Waals surface area contributed by atoms with Gasteiger partial charge in [0.15, 0.2) is 0 Å². The van der Waals surface area contributed by atoms with E-state index in [0.717, 1.165) is 29.3 Å². The first-order chi connectivity index (χ1) is 14.2. The van der Waals surface area contributed by atoms with Crippen molar-refractivity contribution < 1.29 is 9.53 Å². The predicted molar refractivity (Wildman–Crippen MR) is 117 cm³/mol. The molecule has 0 bridgehead atoms. The van der Waals surface area contributed by atoms with E-state index in [9.17, 15) is 4.79 Å². The number of hydrogen-bond donors (Lipinski definition) is 1. The third-order valence-electron chi connectivity index (χ3n) is 3.99. The normalized spacial score (nSPS) is 9.69. The zero-order valence-electron chi connectivity index (χ0n) is 15.7. The Morgan fingerprint density at radius 1 is 1.07 bits per heavy atom. The topological polar surface area (TPSA) is 51.2 Å². The van der Waals surface area contributed by atoms with Crippen molar-refractivity contribution >= 4 is 34.3 Å². The maximum Gasteiger partial charge on any atom is 0.411 e. The fourth-order valence-corrected chi connectivity index (χ4v) is 2.72. The SMILES string of the molecule is O=C(Nc1ccccc1Cl)OCCCCC#CC#Cc1cnc2ccccc2c1. The summed E-state index contributed by atoms with van der Waals surface area (Å²) in [5.74, 6) is 11.7. The van der Waals surface area contributed by atoms with Gasteiger partial charge in [0.05, 0.1) is 22.8 Å². The molecule has 0 saturated heterocycles. The molecule has 2 aromatic carbocycles. The maximum atomic E-state index is 11.7. The quantitative estimate of drug-likeness (QED) is 0.442. The smallest absolute Gasteiger partial charge is 0.411 e. The molecule has 29 heavy (non-hydrogen) atoms. The van der Waals surface area contributed by atoms with Gasteiger partial charge in [0.25, 0.3) is 0 Å². The Morgan fingerprint density at radius 3 is 2.79 bits per heavy atom. The van der Waals surface area contributed by atoms with Gasteiger partial charge in [-0.15, -0.1) is 0 Å². The summed E-state index contributed by atoms with van der Waals surface area (Å²) in [4.78, 5) is 16.1. The van der Waals surface area contributed by atoms with Gasteiger partial charge in [-0.05, 0) is 48.9 Å². The molecule has 0 fully saturated rings. The molecule has 0 saturated carbocycles. The molecule has 0 aliphatic carbocycles. The van der Waals surface area contributed by atoms with Gasteiger partial charge in [-0.1, -0.05) is 53.8 Å². The summed E-state index contributed by atoms with van der Waals surface area (Å²) in [6.07, 6.45) is 3.49. The minimum absolute atomic E-state index is 0.326. The number of rotatable bonds is 5. The van der Waals surface area contributed by atoms with Gasteiger partial charge < -0.3 is 4.74 Å². The number of carbonyl (C=O) groups is 1. The van der Waals surface area contributed by atoms with Crippen LogP contribution in [-0.4, -0.2) is 17.7 Å². The van der Waals surface area contributed by atoms with Gasteiger partial charge in [0.1, 0.15) is 0 Å². The van der Waals surface area contributed by atoms with Crippen molar-refractivity contribution in [2.45, 2.75) is 19.3 Å². The van der Waals surface area contributed by atoms with Crippen molar-refractivity contribution in [3.8, 4) is 23.7 Å². The molecule has 0 spiro atoms. The number of ether oxygens (including phenoxy) is 1. The number of aromatic nitrogens is 1. The van der Waals surface area contributed by atoms with E-state index in [1.165, 1.54) is 0 Å². The number of amides is 1. The van der Waals surface area contributed by atoms with E-state index in [0.29, 0.717) is 23.7 Å². The molecule has 144 valence electrons. The van der Waals surface area contributed by atoms with E-state index in [1.807, 2.05) is 30.3 Å². The lowest BCUT2D eigenvalue weighted by atomic mass is 10.1. The van der Waals surface area contributed by atoms with Crippen LogP contribution in [0.25, 0.3) is 10.9 Å². The number of carbonyl (C=O) groups excluding carboxylic acids is 1. The number of halogens is 1. The van der Waals surface area contributed by atoms with Gasteiger partial charge in [0, 0.05) is 23.6 Å². The van der Waals surface area contributed by atoms with Crippen LogP contribution < -0.4 is 5.32 Å². The van der Waals surface area contributed by atoms with Crippen LogP contribution in [0.3, 0.4) is 0 Å². The highest BCUT2D eigenvalue weighted by atomic mass is 35.5. The standard InChI is InChI=1S/C24H19ClN2O2/c25-21-13-7-9-15-23(21)27-24(28)29-16-10-4-2-1-3-5-11-19-17-20-12-6-8-14-22(20)26-18-19/h6-9,12-15,17-18H,2,4,10,16H2,(H,27,28).